The van der Waals surface area contributed by atoms with Crippen molar-refractivity contribution in [3.8, 4) is 0 Å². The van der Waals surface area contributed by atoms with Crippen LogP contribution in [0.1, 0.15) is 35.1 Å². The molecule has 10 nitrogen and oxygen atoms in total. The number of nitrogens with one attached hydrogen (secondary N) is 1. The zero-order valence-corrected chi connectivity index (χ0v) is 21.5. The molecule has 206 valence electrons. The lowest BCUT2D eigenvalue weighted by atomic mass is 10.1. The number of anilines is 2. The summed E-state index contributed by atoms with van der Waals surface area (Å²) in [6.07, 6.45) is -4.14. The van der Waals surface area contributed by atoms with Crippen molar-refractivity contribution in [2.24, 2.45) is 0 Å². The molecule has 0 saturated heterocycles. The molecule has 0 atom stereocenters. The molecular formula is C24H27F3N4O6S. The van der Waals surface area contributed by atoms with E-state index in [0.717, 1.165) is 24.4 Å². The number of carboxylic acids is 2. The Hall–Kier alpha value is -4.07. The third-order valence-corrected chi connectivity index (χ3v) is 6.40. The highest BCUT2D eigenvalue weighted by Gasteiger charge is 2.38. The van der Waals surface area contributed by atoms with Crippen LogP contribution in [0.4, 0.5) is 24.5 Å². The molecule has 0 spiro atoms. The van der Waals surface area contributed by atoms with E-state index in [9.17, 15) is 31.5 Å². The third-order valence-electron chi connectivity index (χ3n) is 5.01. The van der Waals surface area contributed by atoms with Crippen molar-refractivity contribution in [2.45, 2.75) is 44.4 Å². The minimum absolute atomic E-state index is 0.00837. The molecule has 0 saturated carbocycles. The van der Waals surface area contributed by atoms with Crippen molar-refractivity contribution < 1.29 is 41.4 Å². The summed E-state index contributed by atoms with van der Waals surface area (Å²) >= 11 is 0. The number of hydrogen-bond acceptors (Lipinski definition) is 6. The molecule has 0 bridgehead atoms. The van der Waals surface area contributed by atoms with Gasteiger partial charge in [-0.3, -0.25) is 9.40 Å². The first-order valence-corrected chi connectivity index (χ1v) is 12.6. The number of benzene rings is 2. The van der Waals surface area contributed by atoms with Crippen LogP contribution in [0.2, 0.25) is 0 Å². The van der Waals surface area contributed by atoms with Gasteiger partial charge in [0.15, 0.2) is 0 Å². The first kappa shape index (κ1) is 30.2. The quantitative estimate of drug-likeness (QED) is 0.353. The fourth-order valence-electron chi connectivity index (χ4n) is 3.38. The Bertz CT molecular complexity index is 1380. The van der Waals surface area contributed by atoms with Crippen LogP contribution in [0.25, 0.3) is 0 Å². The Morgan fingerprint density at radius 2 is 1.68 bits per heavy atom. The fourth-order valence-corrected chi connectivity index (χ4v) is 4.45. The summed E-state index contributed by atoms with van der Waals surface area (Å²) < 4.78 is 61.2. The molecule has 2 aromatic carbocycles. The number of sulfonamides is 1. The lowest BCUT2D eigenvalue weighted by Gasteiger charge is -2.22. The lowest BCUT2D eigenvalue weighted by molar-refractivity contribution is -0.192. The Morgan fingerprint density at radius 1 is 1.08 bits per heavy atom. The summed E-state index contributed by atoms with van der Waals surface area (Å²) in [5.74, 6) is -3.90. The maximum atomic E-state index is 12.6. The SMILES string of the molecule is CCCn1nc(C)cc1CN(C)c1ccc(NS(=O)(=O)c2ccccc2)cc1C(=O)O.O=C(O)C(F)(F)F. The van der Waals surface area contributed by atoms with Crippen LogP contribution in [-0.2, 0) is 27.9 Å². The summed E-state index contributed by atoms with van der Waals surface area (Å²) in [7, 11) is -2.01. The standard InChI is InChI=1S/C22H26N4O4S.C2HF3O2/c1-4-12-26-18(13-16(2)23-26)15-25(3)21-11-10-17(14-20(21)22(27)28)24-31(29,30)19-8-6-5-7-9-19;3-2(4,5)1(6)7/h5-11,13-14,24H,4,12,15H2,1-3H3,(H,27,28);(H,6,7). The molecular weight excluding hydrogens is 529 g/mol. The number of aromatic nitrogens is 2. The maximum absolute atomic E-state index is 12.6. The summed E-state index contributed by atoms with van der Waals surface area (Å²) in [5.41, 5.74) is 2.56. The molecule has 3 N–H and O–H groups in total. The molecule has 0 radical (unpaired) electrons. The van der Waals surface area contributed by atoms with E-state index in [4.69, 9.17) is 9.90 Å². The van der Waals surface area contributed by atoms with E-state index < -0.39 is 28.1 Å². The van der Waals surface area contributed by atoms with Crippen molar-refractivity contribution >= 4 is 33.3 Å². The minimum Gasteiger partial charge on any atom is -0.478 e. The molecule has 1 heterocycles. The molecule has 3 aromatic rings. The molecule has 1 aromatic heterocycles. The van der Waals surface area contributed by atoms with Gasteiger partial charge < -0.3 is 15.1 Å². The van der Waals surface area contributed by atoms with Gasteiger partial charge >= 0.3 is 18.1 Å². The molecule has 0 aliphatic heterocycles. The van der Waals surface area contributed by atoms with E-state index in [-0.39, 0.29) is 16.1 Å². The van der Waals surface area contributed by atoms with Crippen LogP contribution in [0, 0.1) is 6.92 Å². The number of aryl methyl sites for hydroxylation is 2. The molecule has 0 amide bonds. The van der Waals surface area contributed by atoms with E-state index in [0.29, 0.717) is 12.2 Å². The average molecular weight is 557 g/mol. The first-order valence-electron chi connectivity index (χ1n) is 11.2. The highest BCUT2D eigenvalue weighted by molar-refractivity contribution is 7.92. The molecule has 14 heteroatoms. The van der Waals surface area contributed by atoms with Crippen LogP contribution in [0.15, 0.2) is 59.5 Å². The van der Waals surface area contributed by atoms with E-state index in [1.165, 1.54) is 18.2 Å². The Kier molecular flexibility index (Phi) is 9.88. The van der Waals surface area contributed by atoms with Gasteiger partial charge in [0.1, 0.15) is 0 Å². The molecule has 38 heavy (non-hydrogen) atoms. The number of aliphatic carboxylic acids is 1. The van der Waals surface area contributed by atoms with Gasteiger partial charge in [0.05, 0.1) is 34.1 Å². The van der Waals surface area contributed by atoms with Crippen molar-refractivity contribution in [1.82, 2.24) is 9.78 Å². The van der Waals surface area contributed by atoms with E-state index >= 15 is 0 Å². The van der Waals surface area contributed by atoms with Gasteiger partial charge in [-0.15, -0.1) is 0 Å². The zero-order valence-electron chi connectivity index (χ0n) is 20.7. The van der Waals surface area contributed by atoms with E-state index in [1.54, 1.807) is 37.4 Å². The van der Waals surface area contributed by atoms with E-state index in [1.807, 2.05) is 22.6 Å². The summed E-state index contributed by atoms with van der Waals surface area (Å²) in [6.45, 7) is 5.24. The lowest BCUT2D eigenvalue weighted by Crippen LogP contribution is -2.22. The molecule has 3 rings (SSSR count). The number of alkyl halides is 3. The van der Waals surface area contributed by atoms with Gasteiger partial charge in [0.25, 0.3) is 10.0 Å². The van der Waals surface area contributed by atoms with Crippen molar-refractivity contribution in [2.75, 3.05) is 16.7 Å². The van der Waals surface area contributed by atoms with E-state index in [2.05, 4.69) is 16.7 Å². The summed E-state index contributed by atoms with van der Waals surface area (Å²) in [5, 5.41) is 21.4. The predicted molar refractivity (Wildman–Crippen MR) is 134 cm³/mol. The van der Waals surface area contributed by atoms with Gasteiger partial charge in [-0.2, -0.15) is 18.3 Å². The highest BCUT2D eigenvalue weighted by atomic mass is 32.2. The molecule has 0 aliphatic rings. The van der Waals surface area contributed by atoms with Crippen molar-refractivity contribution in [3.05, 3.63) is 71.5 Å². The number of aromatic carboxylic acids is 1. The zero-order chi connectivity index (χ0) is 28.7. The predicted octanol–water partition coefficient (Wildman–Crippen LogP) is 4.37. The number of hydrogen-bond donors (Lipinski definition) is 3. The molecule has 0 unspecified atom stereocenters. The number of nitrogens with zero attached hydrogens (tertiary/aromatic N) is 3. The van der Waals surface area contributed by atoms with Crippen molar-refractivity contribution in [3.63, 3.8) is 0 Å². The molecule has 0 aliphatic carbocycles. The smallest absolute Gasteiger partial charge is 0.478 e. The summed E-state index contributed by atoms with van der Waals surface area (Å²) in [4.78, 5) is 22.7. The number of rotatable bonds is 9. The number of carboxylic acid groups (broad SMARTS) is 2. The number of carbonyl (C=O) groups is 2. The Balaban J connectivity index is 0.000000638. The van der Waals surface area contributed by atoms with Gasteiger partial charge in [-0.1, -0.05) is 25.1 Å². The van der Waals surface area contributed by atoms with Crippen molar-refractivity contribution in [1.29, 1.82) is 0 Å². The van der Waals surface area contributed by atoms with Gasteiger partial charge in [0.2, 0.25) is 0 Å². The second-order valence-corrected chi connectivity index (χ2v) is 9.80. The van der Waals surface area contributed by atoms with Crippen LogP contribution in [-0.4, -0.2) is 53.6 Å². The fraction of sp³-hybridized carbons (Fsp3) is 0.292. The highest BCUT2D eigenvalue weighted by Crippen LogP contribution is 2.27. The topological polar surface area (TPSA) is 142 Å². The molecule has 0 fully saturated rings. The Labute approximate surface area is 217 Å². The van der Waals surface area contributed by atoms with Crippen LogP contribution < -0.4 is 9.62 Å². The Morgan fingerprint density at radius 3 is 2.21 bits per heavy atom. The normalized spacial score (nSPS) is 11.3. The maximum Gasteiger partial charge on any atom is 0.490 e. The van der Waals surface area contributed by atoms with Crippen LogP contribution in [0.3, 0.4) is 0 Å². The third kappa shape index (κ3) is 8.23. The van der Waals surface area contributed by atoms with Gasteiger partial charge in [-0.05, 0) is 49.7 Å². The number of halogens is 3. The largest absolute Gasteiger partial charge is 0.490 e. The van der Waals surface area contributed by atoms with Gasteiger partial charge in [-0.25, -0.2) is 18.0 Å². The second kappa shape index (κ2) is 12.4. The monoisotopic (exact) mass is 556 g/mol. The van der Waals surface area contributed by atoms with Gasteiger partial charge in [0, 0.05) is 19.3 Å². The van der Waals surface area contributed by atoms with Crippen LogP contribution >= 0.6 is 0 Å². The van der Waals surface area contributed by atoms with Crippen LogP contribution in [0.5, 0.6) is 0 Å². The average Bonchev–Trinajstić information content (AvgIpc) is 3.17. The second-order valence-electron chi connectivity index (χ2n) is 8.11. The minimum atomic E-state index is -5.08. The first-order chi connectivity index (χ1) is 17.7. The summed E-state index contributed by atoms with van der Waals surface area (Å²) in [6, 6.07) is 14.4.